The molecule has 2 aromatic heterocycles. The Hall–Kier alpha value is -3.87. The molecular formula is C23H30N6O7. The third-order valence-electron chi connectivity index (χ3n) is 5.75. The Morgan fingerprint density at radius 2 is 1.86 bits per heavy atom. The normalized spacial score (nSPS) is 16.5. The number of morpholine rings is 1. The molecule has 1 saturated heterocycles. The van der Waals surface area contributed by atoms with Gasteiger partial charge in [-0.25, -0.2) is 4.79 Å². The maximum absolute atomic E-state index is 13.3. The Kier molecular flexibility index (Phi) is 6.76. The second-order valence-corrected chi connectivity index (χ2v) is 10.1. The van der Waals surface area contributed by atoms with E-state index in [0.717, 1.165) is 17.4 Å². The van der Waals surface area contributed by atoms with E-state index >= 15 is 0 Å². The number of aromatic hydroxyl groups is 1. The lowest BCUT2D eigenvalue weighted by Crippen LogP contribution is -2.39. The van der Waals surface area contributed by atoms with Crippen molar-refractivity contribution in [2.75, 3.05) is 31.6 Å². The molecule has 4 N–H and O–H groups in total. The highest BCUT2D eigenvalue weighted by atomic mass is 16.5. The molecule has 0 aromatic carbocycles. The quantitative estimate of drug-likeness (QED) is 0.426. The SMILES string of the molecule is CC(C)(C)Cn1c(O)c(C(=O)NC2CC2)c(=O)n2nc(NC(=O)O)c(C=CC(=O)N3CCOCC3)c12. The summed E-state index contributed by atoms with van der Waals surface area (Å²) in [6.07, 6.45) is 2.74. The highest BCUT2D eigenvalue weighted by Gasteiger charge is 2.32. The third kappa shape index (κ3) is 5.35. The average molecular weight is 503 g/mol. The predicted octanol–water partition coefficient (Wildman–Crippen LogP) is 1.10. The van der Waals surface area contributed by atoms with Crippen LogP contribution in [0.4, 0.5) is 10.6 Å². The summed E-state index contributed by atoms with van der Waals surface area (Å²) in [5.74, 6) is -1.83. The summed E-state index contributed by atoms with van der Waals surface area (Å²) in [4.78, 5) is 51.9. The summed E-state index contributed by atoms with van der Waals surface area (Å²) < 4.78 is 7.50. The van der Waals surface area contributed by atoms with Crippen LogP contribution in [0, 0.1) is 5.41 Å². The molecule has 13 nitrogen and oxygen atoms in total. The predicted molar refractivity (Wildman–Crippen MR) is 129 cm³/mol. The van der Waals surface area contributed by atoms with E-state index in [1.807, 2.05) is 20.8 Å². The molecule has 194 valence electrons. The first-order valence-corrected chi connectivity index (χ1v) is 11.7. The topological polar surface area (TPSA) is 168 Å². The number of fused-ring (bicyclic) bond motifs is 1. The molecule has 1 saturated carbocycles. The van der Waals surface area contributed by atoms with Crippen LogP contribution in [0.3, 0.4) is 0 Å². The number of amides is 3. The zero-order valence-electron chi connectivity index (χ0n) is 20.4. The molecule has 0 radical (unpaired) electrons. The largest absolute Gasteiger partial charge is 0.494 e. The van der Waals surface area contributed by atoms with Crippen molar-refractivity contribution < 1.29 is 29.3 Å². The molecule has 0 bridgehead atoms. The lowest BCUT2D eigenvalue weighted by Gasteiger charge is -2.25. The van der Waals surface area contributed by atoms with Gasteiger partial charge >= 0.3 is 6.09 Å². The standard InChI is InChI=1S/C23H30N6O7/c1-23(2,3)12-28-19-14(6-7-15(30)27-8-10-36-11-9-27)17(25-22(34)35)26-29(19)21(33)16(20(28)32)18(31)24-13-4-5-13/h6-7,13,32H,4-5,8-12H2,1-3H3,(H,24,31)(H,25,26)(H,34,35). The molecule has 2 aliphatic rings. The number of carboxylic acid groups (broad SMARTS) is 1. The lowest BCUT2D eigenvalue weighted by atomic mass is 9.96. The molecule has 1 aliphatic carbocycles. The van der Waals surface area contributed by atoms with E-state index < -0.39 is 34.4 Å². The summed E-state index contributed by atoms with van der Waals surface area (Å²) >= 11 is 0. The van der Waals surface area contributed by atoms with Crippen LogP contribution < -0.4 is 16.2 Å². The first-order chi connectivity index (χ1) is 17.0. The van der Waals surface area contributed by atoms with Crippen LogP contribution in [0.5, 0.6) is 5.88 Å². The molecule has 1 aliphatic heterocycles. The van der Waals surface area contributed by atoms with Crippen molar-refractivity contribution in [3.05, 3.63) is 27.6 Å². The van der Waals surface area contributed by atoms with Gasteiger partial charge in [0.15, 0.2) is 17.0 Å². The number of anilines is 1. The van der Waals surface area contributed by atoms with Crippen LogP contribution in [-0.2, 0) is 16.1 Å². The van der Waals surface area contributed by atoms with Gasteiger partial charge in [-0.2, -0.15) is 4.52 Å². The van der Waals surface area contributed by atoms with Gasteiger partial charge in [-0.05, 0) is 24.3 Å². The van der Waals surface area contributed by atoms with Crippen molar-refractivity contribution in [1.29, 1.82) is 0 Å². The number of carbonyl (C=O) groups excluding carboxylic acids is 2. The van der Waals surface area contributed by atoms with Crippen molar-refractivity contribution in [3.8, 4) is 5.88 Å². The van der Waals surface area contributed by atoms with Crippen LogP contribution in [0.25, 0.3) is 11.7 Å². The van der Waals surface area contributed by atoms with E-state index in [4.69, 9.17) is 4.74 Å². The summed E-state index contributed by atoms with van der Waals surface area (Å²) in [6, 6.07) is -0.0605. The number of aromatic nitrogens is 3. The highest BCUT2D eigenvalue weighted by molar-refractivity contribution is 5.98. The Labute approximate surface area is 206 Å². The number of ether oxygens (including phenoxy) is 1. The first-order valence-electron chi connectivity index (χ1n) is 11.7. The number of nitrogens with zero attached hydrogens (tertiary/aromatic N) is 4. The smallest absolute Gasteiger partial charge is 0.410 e. The molecule has 13 heteroatoms. The number of hydrogen-bond donors (Lipinski definition) is 4. The van der Waals surface area contributed by atoms with Crippen molar-refractivity contribution in [3.63, 3.8) is 0 Å². The molecule has 2 fully saturated rings. The zero-order valence-corrected chi connectivity index (χ0v) is 20.4. The number of rotatable bonds is 6. The van der Waals surface area contributed by atoms with E-state index in [1.54, 1.807) is 4.90 Å². The Morgan fingerprint density at radius 3 is 2.44 bits per heavy atom. The Bertz CT molecular complexity index is 1290. The molecule has 36 heavy (non-hydrogen) atoms. The van der Waals surface area contributed by atoms with Gasteiger partial charge in [-0.3, -0.25) is 24.3 Å². The zero-order chi connectivity index (χ0) is 26.2. The van der Waals surface area contributed by atoms with Gasteiger partial charge in [0.05, 0.1) is 18.8 Å². The number of nitrogens with one attached hydrogen (secondary N) is 2. The summed E-state index contributed by atoms with van der Waals surface area (Å²) in [6.45, 7) is 7.49. The monoisotopic (exact) mass is 502 g/mol. The molecule has 3 amide bonds. The van der Waals surface area contributed by atoms with Gasteiger partial charge in [0.2, 0.25) is 11.8 Å². The van der Waals surface area contributed by atoms with Gasteiger partial charge in [-0.15, -0.1) is 5.10 Å². The van der Waals surface area contributed by atoms with E-state index in [9.17, 15) is 29.4 Å². The minimum absolute atomic E-state index is 0.0465. The second kappa shape index (κ2) is 9.64. The Balaban J connectivity index is 1.91. The van der Waals surface area contributed by atoms with Gasteiger partial charge in [0.1, 0.15) is 0 Å². The number of carbonyl (C=O) groups is 3. The molecule has 2 aromatic rings. The van der Waals surface area contributed by atoms with E-state index in [2.05, 4.69) is 15.7 Å². The van der Waals surface area contributed by atoms with Crippen LogP contribution in [0.2, 0.25) is 0 Å². The van der Waals surface area contributed by atoms with Crippen molar-refractivity contribution >= 4 is 35.4 Å². The van der Waals surface area contributed by atoms with E-state index in [0.29, 0.717) is 26.3 Å². The fraction of sp³-hybridized carbons (Fsp3) is 0.522. The molecule has 4 rings (SSSR count). The molecule has 3 heterocycles. The minimum atomic E-state index is -1.43. The average Bonchev–Trinajstić information content (AvgIpc) is 3.54. The van der Waals surface area contributed by atoms with Crippen molar-refractivity contribution in [2.45, 2.75) is 46.2 Å². The third-order valence-corrected chi connectivity index (χ3v) is 5.75. The number of hydrogen-bond acceptors (Lipinski definition) is 7. The van der Waals surface area contributed by atoms with Gasteiger partial charge in [-0.1, -0.05) is 20.8 Å². The maximum Gasteiger partial charge on any atom is 0.410 e. The minimum Gasteiger partial charge on any atom is -0.494 e. The van der Waals surface area contributed by atoms with Crippen LogP contribution in [0.15, 0.2) is 10.9 Å². The van der Waals surface area contributed by atoms with Crippen LogP contribution in [0.1, 0.15) is 49.5 Å². The van der Waals surface area contributed by atoms with E-state index in [-0.39, 0.29) is 35.5 Å². The fourth-order valence-electron chi connectivity index (χ4n) is 3.96. The van der Waals surface area contributed by atoms with Crippen LogP contribution in [-0.4, -0.2) is 79.5 Å². The van der Waals surface area contributed by atoms with Crippen molar-refractivity contribution in [1.82, 2.24) is 24.4 Å². The molecule has 0 unspecified atom stereocenters. The lowest BCUT2D eigenvalue weighted by molar-refractivity contribution is -0.129. The summed E-state index contributed by atoms with van der Waals surface area (Å²) in [5.41, 5.74) is -1.66. The van der Waals surface area contributed by atoms with Gasteiger partial charge < -0.3 is 25.2 Å². The van der Waals surface area contributed by atoms with Crippen molar-refractivity contribution in [2.24, 2.45) is 5.41 Å². The fourth-order valence-corrected chi connectivity index (χ4v) is 3.96. The molecule has 0 spiro atoms. The maximum atomic E-state index is 13.3. The van der Waals surface area contributed by atoms with E-state index in [1.165, 1.54) is 16.7 Å². The molecule has 0 atom stereocenters. The highest BCUT2D eigenvalue weighted by Crippen LogP contribution is 2.30. The van der Waals surface area contributed by atoms with Gasteiger partial charge in [0.25, 0.3) is 11.5 Å². The van der Waals surface area contributed by atoms with Crippen LogP contribution >= 0.6 is 0 Å². The summed E-state index contributed by atoms with van der Waals surface area (Å²) in [5, 5.41) is 29.5. The summed E-state index contributed by atoms with van der Waals surface area (Å²) in [7, 11) is 0. The molecular weight excluding hydrogens is 472 g/mol. The first kappa shape index (κ1) is 25.2. The van der Waals surface area contributed by atoms with Gasteiger partial charge in [0, 0.05) is 31.8 Å². The second-order valence-electron chi connectivity index (χ2n) is 10.1. The Morgan fingerprint density at radius 1 is 1.19 bits per heavy atom.